The lowest BCUT2D eigenvalue weighted by Crippen LogP contribution is -2.46. The third-order valence-corrected chi connectivity index (χ3v) is 6.76. The van der Waals surface area contributed by atoms with Gasteiger partial charge in [-0.3, -0.25) is 19.4 Å². The van der Waals surface area contributed by atoms with Crippen molar-refractivity contribution in [2.75, 3.05) is 31.1 Å². The molecule has 0 bridgehead atoms. The molecular weight excluding hydrogens is 493 g/mol. The van der Waals surface area contributed by atoms with Crippen LogP contribution in [0, 0.1) is 11.6 Å². The first-order valence-corrected chi connectivity index (χ1v) is 11.7. The Morgan fingerprint density at radius 2 is 1.35 bits per heavy atom. The summed E-state index contributed by atoms with van der Waals surface area (Å²) in [5.74, 6) is -2.21. The van der Waals surface area contributed by atoms with Gasteiger partial charge in [0.25, 0.3) is 11.8 Å². The fraction of sp³-hybridized carbons (Fsp3) is 0.259. The molecule has 0 saturated carbocycles. The Labute approximate surface area is 209 Å². The van der Waals surface area contributed by atoms with Crippen LogP contribution in [0.4, 0.5) is 27.6 Å². The maximum atomic E-state index is 14.0. The summed E-state index contributed by atoms with van der Waals surface area (Å²) in [6, 6.07) is 13.1. The van der Waals surface area contributed by atoms with E-state index < -0.39 is 35.2 Å². The topological polar surface area (TPSA) is 43.9 Å². The summed E-state index contributed by atoms with van der Waals surface area (Å²) in [5.41, 5.74) is 0.688. The van der Waals surface area contributed by atoms with E-state index in [0.29, 0.717) is 37.4 Å². The molecule has 0 unspecified atom stereocenters. The number of amides is 2. The van der Waals surface area contributed by atoms with Gasteiger partial charge in [-0.1, -0.05) is 24.3 Å². The Morgan fingerprint density at radius 1 is 0.730 bits per heavy atom. The maximum absolute atomic E-state index is 14.0. The van der Waals surface area contributed by atoms with Gasteiger partial charge in [0, 0.05) is 38.3 Å². The Balaban J connectivity index is 1.30. The molecule has 0 aliphatic carbocycles. The molecule has 2 heterocycles. The molecular formula is C27H22F5N3O2. The predicted molar refractivity (Wildman–Crippen MR) is 126 cm³/mol. The molecule has 192 valence electrons. The lowest BCUT2D eigenvalue weighted by Gasteiger charge is -2.36. The number of rotatable bonds is 5. The van der Waals surface area contributed by atoms with Crippen molar-refractivity contribution in [3.8, 4) is 0 Å². The van der Waals surface area contributed by atoms with Crippen molar-refractivity contribution in [1.82, 2.24) is 9.80 Å². The summed E-state index contributed by atoms with van der Waals surface area (Å²) in [7, 11) is 0. The van der Waals surface area contributed by atoms with Gasteiger partial charge >= 0.3 is 6.18 Å². The van der Waals surface area contributed by atoms with Gasteiger partial charge in [0.05, 0.1) is 28.9 Å². The van der Waals surface area contributed by atoms with Crippen LogP contribution in [-0.4, -0.2) is 47.8 Å². The third kappa shape index (κ3) is 4.81. The highest BCUT2D eigenvalue weighted by Gasteiger charge is 2.39. The van der Waals surface area contributed by atoms with E-state index in [1.165, 1.54) is 30.3 Å². The zero-order chi connectivity index (χ0) is 26.3. The number of hydrogen-bond acceptors (Lipinski definition) is 4. The Morgan fingerprint density at radius 3 is 1.97 bits per heavy atom. The van der Waals surface area contributed by atoms with Crippen LogP contribution in [0.2, 0.25) is 0 Å². The van der Waals surface area contributed by atoms with E-state index in [1.807, 2.05) is 9.80 Å². The van der Waals surface area contributed by atoms with Gasteiger partial charge < -0.3 is 4.90 Å². The SMILES string of the molecule is O=C1c2cccc(N3CCN(Cc4c(F)cccc4F)CC3)c2C(=O)N1Cc1ccc(C(F)(F)F)cc1. The Bertz CT molecular complexity index is 1330. The minimum atomic E-state index is -4.48. The first-order chi connectivity index (χ1) is 17.6. The third-order valence-electron chi connectivity index (χ3n) is 6.76. The molecule has 37 heavy (non-hydrogen) atoms. The van der Waals surface area contributed by atoms with Crippen molar-refractivity contribution in [2.45, 2.75) is 19.3 Å². The number of nitrogens with zero attached hydrogens (tertiary/aromatic N) is 3. The normalized spacial score (nSPS) is 16.5. The van der Waals surface area contributed by atoms with E-state index in [9.17, 15) is 31.5 Å². The average molecular weight is 515 g/mol. The van der Waals surface area contributed by atoms with E-state index in [4.69, 9.17) is 0 Å². The van der Waals surface area contributed by atoms with Crippen molar-refractivity contribution in [1.29, 1.82) is 0 Å². The van der Waals surface area contributed by atoms with Gasteiger partial charge in [-0.2, -0.15) is 13.2 Å². The average Bonchev–Trinajstić information content (AvgIpc) is 3.11. The van der Waals surface area contributed by atoms with Gasteiger partial charge in [0.15, 0.2) is 0 Å². The molecule has 0 atom stereocenters. The van der Waals surface area contributed by atoms with Gasteiger partial charge in [-0.15, -0.1) is 0 Å². The number of carbonyl (C=O) groups excluding carboxylic acids is 2. The van der Waals surface area contributed by atoms with E-state index in [2.05, 4.69) is 0 Å². The van der Waals surface area contributed by atoms with Crippen LogP contribution in [0.1, 0.15) is 37.4 Å². The molecule has 0 spiro atoms. The van der Waals surface area contributed by atoms with Crippen LogP contribution in [0.5, 0.6) is 0 Å². The first-order valence-electron chi connectivity index (χ1n) is 11.7. The van der Waals surface area contributed by atoms with Gasteiger partial charge in [0.2, 0.25) is 0 Å². The fourth-order valence-electron chi connectivity index (χ4n) is 4.76. The van der Waals surface area contributed by atoms with Crippen LogP contribution >= 0.6 is 0 Å². The van der Waals surface area contributed by atoms with Crippen molar-refractivity contribution >= 4 is 17.5 Å². The van der Waals surface area contributed by atoms with Crippen molar-refractivity contribution in [3.63, 3.8) is 0 Å². The highest BCUT2D eigenvalue weighted by molar-refractivity contribution is 6.23. The fourth-order valence-corrected chi connectivity index (χ4v) is 4.76. The van der Waals surface area contributed by atoms with Gasteiger partial charge in [0.1, 0.15) is 11.6 Å². The number of halogens is 5. The molecule has 10 heteroatoms. The standard InChI is InChI=1S/C27H22F5N3O2/c28-21-4-2-5-22(29)20(21)16-33-11-13-34(14-12-33)23-6-1-3-19-24(23)26(37)35(25(19)36)15-17-7-9-18(10-8-17)27(30,31)32/h1-10H,11-16H2. The number of benzene rings is 3. The highest BCUT2D eigenvalue weighted by atomic mass is 19.4. The van der Waals surface area contributed by atoms with Crippen LogP contribution < -0.4 is 4.90 Å². The van der Waals surface area contributed by atoms with Crippen LogP contribution in [-0.2, 0) is 19.3 Å². The molecule has 0 aromatic heterocycles. The molecule has 3 aromatic rings. The number of fused-ring (bicyclic) bond motifs is 1. The predicted octanol–water partition coefficient (Wildman–Crippen LogP) is 5.10. The minimum Gasteiger partial charge on any atom is -0.368 e. The quantitative estimate of drug-likeness (QED) is 0.350. The number of carbonyl (C=O) groups is 2. The summed E-state index contributed by atoms with van der Waals surface area (Å²) >= 11 is 0. The zero-order valence-corrected chi connectivity index (χ0v) is 19.6. The number of alkyl halides is 3. The molecule has 2 amide bonds. The Kier molecular flexibility index (Phi) is 6.45. The summed E-state index contributed by atoms with van der Waals surface area (Å²) in [5, 5.41) is 0. The van der Waals surface area contributed by atoms with Crippen LogP contribution in [0.15, 0.2) is 60.7 Å². The molecule has 3 aromatic carbocycles. The largest absolute Gasteiger partial charge is 0.416 e. The summed E-state index contributed by atoms with van der Waals surface area (Å²) in [6.45, 7) is 1.92. The van der Waals surface area contributed by atoms with E-state index in [0.717, 1.165) is 17.0 Å². The Hall–Kier alpha value is -3.79. The molecule has 2 aliphatic rings. The first kappa shape index (κ1) is 24.9. The van der Waals surface area contributed by atoms with Gasteiger partial charge in [-0.25, -0.2) is 8.78 Å². The second kappa shape index (κ2) is 9.59. The van der Waals surface area contributed by atoms with Crippen molar-refractivity contribution in [3.05, 3.63) is 100 Å². The minimum absolute atomic E-state index is 0.0104. The molecule has 0 N–H and O–H groups in total. The second-order valence-corrected chi connectivity index (χ2v) is 9.05. The lowest BCUT2D eigenvalue weighted by atomic mass is 10.1. The summed E-state index contributed by atoms with van der Waals surface area (Å²) in [4.78, 5) is 31.2. The number of imide groups is 1. The number of hydrogen-bond donors (Lipinski definition) is 0. The monoisotopic (exact) mass is 515 g/mol. The molecule has 0 radical (unpaired) electrons. The van der Waals surface area contributed by atoms with Crippen LogP contribution in [0.3, 0.4) is 0 Å². The highest BCUT2D eigenvalue weighted by Crippen LogP contribution is 2.34. The summed E-state index contributed by atoms with van der Waals surface area (Å²) in [6.07, 6.45) is -4.48. The van der Waals surface area contributed by atoms with Crippen LogP contribution in [0.25, 0.3) is 0 Å². The number of piperazine rings is 1. The molecule has 1 fully saturated rings. The number of anilines is 1. The molecule has 1 saturated heterocycles. The molecule has 2 aliphatic heterocycles. The van der Waals surface area contributed by atoms with E-state index in [-0.39, 0.29) is 29.8 Å². The smallest absolute Gasteiger partial charge is 0.368 e. The zero-order valence-electron chi connectivity index (χ0n) is 19.6. The summed E-state index contributed by atoms with van der Waals surface area (Å²) < 4.78 is 66.7. The molecule has 5 rings (SSSR count). The van der Waals surface area contributed by atoms with Gasteiger partial charge in [-0.05, 0) is 42.0 Å². The second-order valence-electron chi connectivity index (χ2n) is 9.05. The lowest BCUT2D eigenvalue weighted by molar-refractivity contribution is -0.137. The molecule has 5 nitrogen and oxygen atoms in total. The van der Waals surface area contributed by atoms with E-state index in [1.54, 1.807) is 18.2 Å². The van der Waals surface area contributed by atoms with Crippen molar-refractivity contribution in [2.24, 2.45) is 0 Å². The van der Waals surface area contributed by atoms with E-state index >= 15 is 0 Å². The maximum Gasteiger partial charge on any atom is 0.416 e. The van der Waals surface area contributed by atoms with Crippen molar-refractivity contribution < 1.29 is 31.5 Å².